The molecule has 2 aromatic heterocycles. The third-order valence-electron chi connectivity index (χ3n) is 6.03. The van der Waals surface area contributed by atoms with Gasteiger partial charge in [0.15, 0.2) is 0 Å². The molecule has 7 heteroatoms. The smallest absolute Gasteiger partial charge is 0.124 e. The first-order valence-electron chi connectivity index (χ1n) is 11.2. The zero-order valence-electron chi connectivity index (χ0n) is 18.9. The minimum absolute atomic E-state index is 0.104. The highest BCUT2D eigenvalue weighted by molar-refractivity contribution is 5.82. The first-order chi connectivity index (χ1) is 16.2. The molecule has 0 unspecified atom stereocenters. The summed E-state index contributed by atoms with van der Waals surface area (Å²) in [6.07, 6.45) is 8.23. The van der Waals surface area contributed by atoms with Crippen LogP contribution >= 0.6 is 0 Å². The summed E-state index contributed by atoms with van der Waals surface area (Å²) in [5.41, 5.74) is 5.59. The van der Waals surface area contributed by atoms with Crippen LogP contribution in [0.4, 0.5) is 11.4 Å². The second-order valence-corrected chi connectivity index (χ2v) is 8.41. The fourth-order valence-electron chi connectivity index (χ4n) is 4.02. The lowest BCUT2D eigenvalue weighted by molar-refractivity contribution is 0.276. The highest BCUT2D eigenvalue weighted by Gasteiger charge is 2.26. The number of aliphatic hydroxyl groups is 1. The van der Waals surface area contributed by atoms with Crippen molar-refractivity contribution in [2.24, 2.45) is 5.92 Å². The Morgan fingerprint density at radius 3 is 2.48 bits per heavy atom. The molecule has 0 spiro atoms. The maximum atomic E-state index is 9.18. The molecule has 1 aliphatic rings. The van der Waals surface area contributed by atoms with Crippen molar-refractivity contribution in [1.29, 1.82) is 0 Å². The van der Waals surface area contributed by atoms with Crippen molar-refractivity contribution in [3.8, 4) is 22.8 Å². The molecule has 170 valence electrons. The van der Waals surface area contributed by atoms with E-state index in [4.69, 9.17) is 14.5 Å². The SMILES string of the molecule is COc1cc(OC)cc(N(CC2CC2)c2ccc3ncc(-c4ccn(CCO)c4)nc3c2)c1. The van der Waals surface area contributed by atoms with Crippen molar-refractivity contribution in [1.82, 2.24) is 14.5 Å². The van der Waals surface area contributed by atoms with Gasteiger partial charge in [-0.05, 0) is 43.0 Å². The van der Waals surface area contributed by atoms with Crippen LogP contribution < -0.4 is 14.4 Å². The van der Waals surface area contributed by atoms with Gasteiger partial charge in [-0.3, -0.25) is 4.98 Å². The molecule has 7 nitrogen and oxygen atoms in total. The van der Waals surface area contributed by atoms with Gasteiger partial charge in [-0.1, -0.05) is 0 Å². The molecule has 2 aromatic carbocycles. The van der Waals surface area contributed by atoms with Gasteiger partial charge in [-0.15, -0.1) is 0 Å². The predicted molar refractivity (Wildman–Crippen MR) is 129 cm³/mol. The molecule has 0 radical (unpaired) electrons. The van der Waals surface area contributed by atoms with Crippen LogP contribution in [0.2, 0.25) is 0 Å². The Labute approximate surface area is 193 Å². The Hall–Kier alpha value is -3.58. The van der Waals surface area contributed by atoms with Gasteiger partial charge < -0.3 is 24.0 Å². The van der Waals surface area contributed by atoms with Crippen LogP contribution in [0, 0.1) is 5.92 Å². The first-order valence-corrected chi connectivity index (χ1v) is 11.2. The third kappa shape index (κ3) is 4.64. The lowest BCUT2D eigenvalue weighted by Gasteiger charge is -2.26. The van der Waals surface area contributed by atoms with Crippen LogP contribution in [-0.4, -0.2) is 47.0 Å². The van der Waals surface area contributed by atoms with Crippen molar-refractivity contribution in [2.45, 2.75) is 19.4 Å². The summed E-state index contributed by atoms with van der Waals surface area (Å²) in [7, 11) is 3.34. The van der Waals surface area contributed by atoms with Crippen LogP contribution in [0.25, 0.3) is 22.3 Å². The van der Waals surface area contributed by atoms with Gasteiger partial charge in [0.25, 0.3) is 0 Å². The monoisotopic (exact) mass is 444 g/mol. The van der Waals surface area contributed by atoms with Crippen LogP contribution in [-0.2, 0) is 6.54 Å². The fraction of sp³-hybridized carbons (Fsp3) is 0.308. The molecule has 0 bridgehead atoms. The van der Waals surface area contributed by atoms with E-state index < -0.39 is 0 Å². The average molecular weight is 445 g/mol. The molecule has 1 fully saturated rings. The lowest BCUT2D eigenvalue weighted by atomic mass is 10.1. The molecule has 1 saturated carbocycles. The molecule has 5 rings (SSSR count). The van der Waals surface area contributed by atoms with Crippen LogP contribution in [0.3, 0.4) is 0 Å². The van der Waals surface area contributed by atoms with Gasteiger partial charge in [0.1, 0.15) is 11.5 Å². The number of aliphatic hydroxyl groups excluding tert-OH is 1. The molecule has 0 aliphatic heterocycles. The highest BCUT2D eigenvalue weighted by atomic mass is 16.5. The standard InChI is InChI=1S/C26H28N4O3/c1-32-22-11-21(12-23(14-22)33-2)30(16-18-3-4-18)20-5-6-24-25(13-20)28-26(15-27-24)19-7-8-29(17-19)9-10-31/h5-8,11-15,17-18,31H,3-4,9-10,16H2,1-2H3. The molecule has 33 heavy (non-hydrogen) atoms. The van der Waals surface area contributed by atoms with Gasteiger partial charge in [-0.2, -0.15) is 0 Å². The Kier molecular flexibility index (Phi) is 5.88. The van der Waals surface area contributed by atoms with Crippen molar-refractivity contribution in [3.63, 3.8) is 0 Å². The van der Waals surface area contributed by atoms with E-state index in [0.717, 1.165) is 51.7 Å². The van der Waals surface area contributed by atoms with E-state index in [0.29, 0.717) is 12.5 Å². The van der Waals surface area contributed by atoms with Crippen molar-refractivity contribution >= 4 is 22.4 Å². The van der Waals surface area contributed by atoms with E-state index in [1.54, 1.807) is 20.4 Å². The molecular weight excluding hydrogens is 416 g/mol. The van der Waals surface area contributed by atoms with Gasteiger partial charge >= 0.3 is 0 Å². The lowest BCUT2D eigenvalue weighted by Crippen LogP contribution is -2.20. The normalized spacial score (nSPS) is 13.3. The van der Waals surface area contributed by atoms with Crippen molar-refractivity contribution < 1.29 is 14.6 Å². The van der Waals surface area contributed by atoms with E-state index in [2.05, 4.69) is 22.0 Å². The minimum Gasteiger partial charge on any atom is -0.497 e. The number of aromatic nitrogens is 3. The van der Waals surface area contributed by atoms with Crippen LogP contribution in [0.5, 0.6) is 11.5 Å². The molecule has 1 aliphatic carbocycles. The predicted octanol–water partition coefficient (Wildman–Crippen LogP) is 4.66. The molecule has 0 saturated heterocycles. The maximum Gasteiger partial charge on any atom is 0.124 e. The van der Waals surface area contributed by atoms with E-state index >= 15 is 0 Å². The fourth-order valence-corrected chi connectivity index (χ4v) is 4.02. The molecule has 1 N–H and O–H groups in total. The number of hydrogen-bond donors (Lipinski definition) is 1. The highest BCUT2D eigenvalue weighted by Crippen LogP contribution is 2.38. The summed E-state index contributed by atoms with van der Waals surface area (Å²) >= 11 is 0. The van der Waals surface area contributed by atoms with Crippen molar-refractivity contribution in [3.05, 3.63) is 61.1 Å². The van der Waals surface area contributed by atoms with E-state index in [-0.39, 0.29) is 6.61 Å². The van der Waals surface area contributed by atoms with E-state index in [1.807, 2.05) is 47.3 Å². The number of hydrogen-bond acceptors (Lipinski definition) is 6. The number of ether oxygens (including phenoxy) is 2. The summed E-state index contributed by atoms with van der Waals surface area (Å²) < 4.78 is 13.0. The molecule has 4 aromatic rings. The average Bonchev–Trinajstić information content (AvgIpc) is 3.56. The largest absolute Gasteiger partial charge is 0.497 e. The van der Waals surface area contributed by atoms with Gasteiger partial charge in [0.05, 0.1) is 43.8 Å². The molecular formula is C26H28N4O3. The molecule has 2 heterocycles. The quantitative estimate of drug-likeness (QED) is 0.405. The summed E-state index contributed by atoms with van der Waals surface area (Å²) in [6.45, 7) is 1.59. The van der Waals surface area contributed by atoms with Gasteiger partial charge in [0, 0.05) is 60.6 Å². The molecule has 0 atom stereocenters. The summed E-state index contributed by atoms with van der Waals surface area (Å²) in [4.78, 5) is 11.9. The number of rotatable bonds is 9. The zero-order valence-corrected chi connectivity index (χ0v) is 18.9. The number of fused-ring (bicyclic) bond motifs is 1. The van der Waals surface area contributed by atoms with Crippen LogP contribution in [0.1, 0.15) is 12.8 Å². The third-order valence-corrected chi connectivity index (χ3v) is 6.03. The number of anilines is 2. The van der Waals surface area contributed by atoms with Gasteiger partial charge in [-0.25, -0.2) is 4.98 Å². The Balaban J connectivity index is 1.54. The number of methoxy groups -OCH3 is 2. The zero-order chi connectivity index (χ0) is 22.8. The summed E-state index contributed by atoms with van der Waals surface area (Å²) in [6, 6.07) is 14.2. The van der Waals surface area contributed by atoms with E-state index in [1.165, 1.54) is 12.8 Å². The first kappa shape index (κ1) is 21.3. The van der Waals surface area contributed by atoms with Gasteiger partial charge in [0.2, 0.25) is 0 Å². The minimum atomic E-state index is 0.104. The Bertz CT molecular complexity index is 1240. The number of nitrogens with zero attached hydrogens (tertiary/aromatic N) is 4. The van der Waals surface area contributed by atoms with Crippen LogP contribution in [0.15, 0.2) is 61.1 Å². The van der Waals surface area contributed by atoms with Crippen molar-refractivity contribution in [2.75, 3.05) is 32.3 Å². The topological polar surface area (TPSA) is 72.6 Å². The number of benzene rings is 2. The summed E-state index contributed by atoms with van der Waals surface area (Å²) in [5.74, 6) is 2.21. The Morgan fingerprint density at radius 1 is 1.00 bits per heavy atom. The maximum absolute atomic E-state index is 9.18. The Morgan fingerprint density at radius 2 is 1.79 bits per heavy atom. The van der Waals surface area contributed by atoms with E-state index in [9.17, 15) is 5.11 Å². The second-order valence-electron chi connectivity index (χ2n) is 8.41. The second kappa shape index (κ2) is 9.11. The summed E-state index contributed by atoms with van der Waals surface area (Å²) in [5, 5.41) is 9.18. The molecule has 0 amide bonds.